The lowest BCUT2D eigenvalue weighted by Gasteiger charge is -2.26. The van der Waals surface area contributed by atoms with E-state index in [9.17, 15) is 4.79 Å². The number of nitrogens with one attached hydrogen (secondary N) is 1. The average Bonchev–Trinajstić information content (AvgIpc) is 2.37. The molecule has 19 heavy (non-hydrogen) atoms. The summed E-state index contributed by atoms with van der Waals surface area (Å²) in [6.45, 7) is 4.46. The molecule has 0 bridgehead atoms. The summed E-state index contributed by atoms with van der Waals surface area (Å²) in [5.74, 6) is 0.450. The van der Waals surface area contributed by atoms with E-state index >= 15 is 0 Å². The highest BCUT2D eigenvalue weighted by Crippen LogP contribution is 2.17. The SMILES string of the molecule is CNc1cc(C(=O)N(CCCO)C(C)C)cc(Cl)n1. The fraction of sp³-hybridized carbons (Fsp3) is 0.538. The van der Waals surface area contributed by atoms with E-state index in [-0.39, 0.29) is 23.7 Å². The van der Waals surface area contributed by atoms with Gasteiger partial charge >= 0.3 is 0 Å². The largest absolute Gasteiger partial charge is 0.396 e. The molecule has 0 saturated carbocycles. The number of pyridine rings is 1. The summed E-state index contributed by atoms with van der Waals surface area (Å²) in [6.07, 6.45) is 0.557. The zero-order valence-corrected chi connectivity index (χ0v) is 12.2. The molecule has 6 heteroatoms. The van der Waals surface area contributed by atoms with E-state index < -0.39 is 0 Å². The molecule has 1 aromatic heterocycles. The van der Waals surface area contributed by atoms with Crippen molar-refractivity contribution in [2.45, 2.75) is 26.3 Å². The molecule has 0 spiro atoms. The van der Waals surface area contributed by atoms with E-state index in [0.29, 0.717) is 24.3 Å². The van der Waals surface area contributed by atoms with Crippen molar-refractivity contribution in [2.75, 3.05) is 25.5 Å². The fourth-order valence-corrected chi connectivity index (χ4v) is 1.96. The van der Waals surface area contributed by atoms with Crippen LogP contribution in [0.5, 0.6) is 0 Å². The molecule has 1 heterocycles. The van der Waals surface area contributed by atoms with Crippen molar-refractivity contribution in [1.82, 2.24) is 9.88 Å². The van der Waals surface area contributed by atoms with Crippen LogP contribution >= 0.6 is 11.6 Å². The topological polar surface area (TPSA) is 65.5 Å². The number of nitrogens with zero attached hydrogens (tertiary/aromatic N) is 2. The molecule has 0 aliphatic heterocycles. The number of anilines is 1. The standard InChI is InChI=1S/C13H20ClN3O2/c1-9(2)17(5-4-6-18)13(19)10-7-11(14)16-12(8-10)15-3/h7-9,18H,4-6H2,1-3H3,(H,15,16). The molecule has 1 aromatic rings. The molecule has 106 valence electrons. The first kappa shape index (κ1) is 15.7. The second kappa shape index (κ2) is 7.31. The van der Waals surface area contributed by atoms with E-state index in [0.717, 1.165) is 0 Å². The number of hydrogen-bond acceptors (Lipinski definition) is 4. The Balaban J connectivity index is 2.98. The minimum Gasteiger partial charge on any atom is -0.396 e. The third-order valence-electron chi connectivity index (χ3n) is 2.74. The van der Waals surface area contributed by atoms with E-state index in [1.165, 1.54) is 0 Å². The Hall–Kier alpha value is -1.33. The van der Waals surface area contributed by atoms with Gasteiger partial charge in [-0.1, -0.05) is 11.6 Å². The summed E-state index contributed by atoms with van der Waals surface area (Å²) in [5, 5.41) is 12.0. The van der Waals surface area contributed by atoms with Crippen LogP contribution in [-0.4, -0.2) is 47.1 Å². The monoisotopic (exact) mass is 285 g/mol. The molecule has 0 unspecified atom stereocenters. The van der Waals surface area contributed by atoms with Crippen molar-refractivity contribution in [3.8, 4) is 0 Å². The molecule has 1 rings (SSSR count). The van der Waals surface area contributed by atoms with Crippen molar-refractivity contribution in [2.24, 2.45) is 0 Å². The quantitative estimate of drug-likeness (QED) is 0.785. The molecule has 5 nitrogen and oxygen atoms in total. The first-order valence-electron chi connectivity index (χ1n) is 6.26. The summed E-state index contributed by atoms with van der Waals surface area (Å²) in [5.41, 5.74) is 0.496. The van der Waals surface area contributed by atoms with Gasteiger partial charge in [-0.05, 0) is 32.4 Å². The Kier molecular flexibility index (Phi) is 6.05. The number of rotatable bonds is 6. The smallest absolute Gasteiger partial charge is 0.254 e. The summed E-state index contributed by atoms with van der Waals surface area (Å²) in [6, 6.07) is 3.28. The third-order valence-corrected chi connectivity index (χ3v) is 2.93. The molecule has 0 aromatic carbocycles. The predicted octanol–water partition coefficient (Wildman–Crippen LogP) is 2.01. The van der Waals surface area contributed by atoms with Crippen molar-refractivity contribution >= 4 is 23.3 Å². The van der Waals surface area contributed by atoms with Crippen molar-refractivity contribution in [1.29, 1.82) is 0 Å². The highest BCUT2D eigenvalue weighted by molar-refractivity contribution is 6.29. The van der Waals surface area contributed by atoms with Crippen LogP contribution in [0, 0.1) is 0 Å². The van der Waals surface area contributed by atoms with E-state index in [2.05, 4.69) is 10.3 Å². The number of amides is 1. The maximum atomic E-state index is 12.4. The van der Waals surface area contributed by atoms with Gasteiger partial charge in [0.2, 0.25) is 0 Å². The maximum Gasteiger partial charge on any atom is 0.254 e. The average molecular weight is 286 g/mol. The minimum absolute atomic E-state index is 0.0593. The molecule has 0 saturated heterocycles. The lowest BCUT2D eigenvalue weighted by atomic mass is 10.2. The third kappa shape index (κ3) is 4.36. The van der Waals surface area contributed by atoms with Gasteiger partial charge in [0.1, 0.15) is 11.0 Å². The van der Waals surface area contributed by atoms with Gasteiger partial charge in [0.15, 0.2) is 0 Å². The van der Waals surface area contributed by atoms with Gasteiger partial charge in [0, 0.05) is 31.8 Å². The van der Waals surface area contributed by atoms with Gasteiger partial charge in [0.05, 0.1) is 0 Å². The van der Waals surface area contributed by atoms with Crippen LogP contribution in [0.2, 0.25) is 5.15 Å². The zero-order chi connectivity index (χ0) is 14.4. The van der Waals surface area contributed by atoms with Gasteiger partial charge in [0.25, 0.3) is 5.91 Å². The summed E-state index contributed by atoms with van der Waals surface area (Å²) < 4.78 is 0. The lowest BCUT2D eigenvalue weighted by Crippen LogP contribution is -2.38. The molecule has 0 fully saturated rings. The summed E-state index contributed by atoms with van der Waals surface area (Å²) in [7, 11) is 1.72. The zero-order valence-electron chi connectivity index (χ0n) is 11.5. The highest BCUT2D eigenvalue weighted by atomic mass is 35.5. The molecular formula is C13H20ClN3O2. The lowest BCUT2D eigenvalue weighted by molar-refractivity contribution is 0.0693. The Morgan fingerprint density at radius 1 is 1.53 bits per heavy atom. The number of aliphatic hydroxyl groups is 1. The number of aromatic nitrogens is 1. The second-order valence-corrected chi connectivity index (χ2v) is 4.87. The second-order valence-electron chi connectivity index (χ2n) is 4.48. The summed E-state index contributed by atoms with van der Waals surface area (Å²) >= 11 is 5.90. The number of carbonyl (C=O) groups excluding carboxylic acids is 1. The number of hydrogen-bond donors (Lipinski definition) is 2. The van der Waals surface area contributed by atoms with Crippen molar-refractivity contribution < 1.29 is 9.90 Å². The highest BCUT2D eigenvalue weighted by Gasteiger charge is 2.19. The molecule has 0 aliphatic carbocycles. The van der Waals surface area contributed by atoms with E-state index in [1.54, 1.807) is 24.1 Å². The van der Waals surface area contributed by atoms with Gasteiger partial charge in [-0.15, -0.1) is 0 Å². The van der Waals surface area contributed by atoms with Crippen LogP contribution in [0.3, 0.4) is 0 Å². The normalized spacial score (nSPS) is 10.6. The Bertz CT molecular complexity index is 438. The summed E-state index contributed by atoms with van der Waals surface area (Å²) in [4.78, 5) is 18.2. The molecule has 0 atom stereocenters. The Labute approximate surface area is 118 Å². The first-order valence-corrected chi connectivity index (χ1v) is 6.64. The first-order chi connectivity index (χ1) is 8.99. The van der Waals surface area contributed by atoms with Crippen LogP contribution in [0.4, 0.5) is 5.82 Å². The van der Waals surface area contributed by atoms with E-state index in [1.807, 2.05) is 13.8 Å². The Morgan fingerprint density at radius 2 is 2.21 bits per heavy atom. The van der Waals surface area contributed by atoms with Crippen molar-refractivity contribution in [3.63, 3.8) is 0 Å². The van der Waals surface area contributed by atoms with Crippen LogP contribution < -0.4 is 5.32 Å². The molecule has 0 aliphatic rings. The van der Waals surface area contributed by atoms with Gasteiger partial charge in [-0.25, -0.2) is 4.98 Å². The van der Waals surface area contributed by atoms with E-state index in [4.69, 9.17) is 16.7 Å². The number of carbonyl (C=O) groups is 1. The number of halogens is 1. The molecule has 1 amide bonds. The molecule has 0 radical (unpaired) electrons. The Morgan fingerprint density at radius 3 is 2.74 bits per heavy atom. The van der Waals surface area contributed by atoms with Crippen molar-refractivity contribution in [3.05, 3.63) is 22.8 Å². The molecule has 2 N–H and O–H groups in total. The van der Waals surface area contributed by atoms with Crippen LogP contribution in [-0.2, 0) is 0 Å². The maximum absolute atomic E-state index is 12.4. The molecular weight excluding hydrogens is 266 g/mol. The van der Waals surface area contributed by atoms with Gasteiger partial charge < -0.3 is 15.3 Å². The fourth-order valence-electron chi connectivity index (χ4n) is 1.75. The van der Waals surface area contributed by atoms with Gasteiger partial charge in [-0.2, -0.15) is 0 Å². The van der Waals surface area contributed by atoms with Crippen LogP contribution in [0.15, 0.2) is 12.1 Å². The number of aliphatic hydroxyl groups excluding tert-OH is 1. The minimum atomic E-state index is -0.107. The van der Waals surface area contributed by atoms with Crippen LogP contribution in [0.25, 0.3) is 0 Å². The van der Waals surface area contributed by atoms with Gasteiger partial charge in [-0.3, -0.25) is 4.79 Å². The van der Waals surface area contributed by atoms with Crippen LogP contribution in [0.1, 0.15) is 30.6 Å². The predicted molar refractivity (Wildman–Crippen MR) is 76.7 cm³/mol.